The molecule has 0 radical (unpaired) electrons. The van der Waals surface area contributed by atoms with Crippen molar-refractivity contribution in [2.45, 2.75) is 37.7 Å². The zero-order chi connectivity index (χ0) is 17.8. The summed E-state index contributed by atoms with van der Waals surface area (Å²) in [5, 5.41) is 11.8. The average Bonchev–Trinajstić information content (AvgIpc) is 3.17. The van der Waals surface area contributed by atoms with Gasteiger partial charge in [-0.05, 0) is 36.6 Å². The zero-order valence-electron chi connectivity index (χ0n) is 14.3. The molecule has 0 N–H and O–H groups in total. The minimum atomic E-state index is -0.217. The second-order valence-electron chi connectivity index (χ2n) is 5.66. The fraction of sp³-hybridized carbons (Fsp3) is 0.263. The van der Waals surface area contributed by atoms with Crippen molar-refractivity contribution in [3.63, 3.8) is 0 Å². The summed E-state index contributed by atoms with van der Waals surface area (Å²) in [5.41, 5.74) is 3.55. The predicted molar refractivity (Wildman–Crippen MR) is 104 cm³/mol. The minimum absolute atomic E-state index is 0.217. The van der Waals surface area contributed by atoms with Crippen LogP contribution in [0.25, 0.3) is 11.4 Å². The Labute approximate surface area is 155 Å². The zero-order valence-corrected chi connectivity index (χ0v) is 16.0. The number of rotatable bonds is 7. The van der Waals surface area contributed by atoms with Crippen LogP contribution in [0.2, 0.25) is 0 Å². The molecule has 0 fully saturated rings. The number of benzene rings is 1. The summed E-state index contributed by atoms with van der Waals surface area (Å²) < 4.78 is 15.1. The molecule has 1 aromatic carbocycles. The van der Waals surface area contributed by atoms with E-state index in [1.54, 1.807) is 35.2 Å². The number of thioether (sulfide) groups is 1. The highest BCUT2D eigenvalue weighted by atomic mass is 32.2. The molecule has 130 valence electrons. The fourth-order valence-corrected chi connectivity index (χ4v) is 4.57. The molecule has 3 aromatic rings. The third kappa shape index (κ3) is 3.85. The van der Waals surface area contributed by atoms with Crippen molar-refractivity contribution in [1.29, 1.82) is 0 Å². The number of allylic oxidation sites excluding steroid dienone is 1. The Hall–Kier alpha value is -1.92. The van der Waals surface area contributed by atoms with Gasteiger partial charge in [-0.3, -0.25) is 4.57 Å². The van der Waals surface area contributed by atoms with Crippen LogP contribution in [0.3, 0.4) is 0 Å². The van der Waals surface area contributed by atoms with Crippen molar-refractivity contribution in [3.05, 3.63) is 64.1 Å². The summed E-state index contributed by atoms with van der Waals surface area (Å²) in [6.07, 6.45) is 2.84. The minimum Gasteiger partial charge on any atom is -0.298 e. The van der Waals surface area contributed by atoms with Crippen LogP contribution in [-0.4, -0.2) is 14.8 Å². The van der Waals surface area contributed by atoms with Gasteiger partial charge in [-0.1, -0.05) is 36.9 Å². The first kappa shape index (κ1) is 17.9. The van der Waals surface area contributed by atoms with Crippen molar-refractivity contribution < 1.29 is 4.39 Å². The van der Waals surface area contributed by atoms with Gasteiger partial charge in [0.25, 0.3) is 0 Å². The Morgan fingerprint density at radius 2 is 2.04 bits per heavy atom. The maximum absolute atomic E-state index is 13.0. The highest BCUT2D eigenvalue weighted by molar-refractivity contribution is 7.98. The first-order valence-corrected chi connectivity index (χ1v) is 9.99. The van der Waals surface area contributed by atoms with Crippen LogP contribution in [0, 0.1) is 12.7 Å². The lowest BCUT2D eigenvalue weighted by Gasteiger charge is -2.08. The van der Waals surface area contributed by atoms with E-state index in [-0.39, 0.29) is 5.82 Å². The van der Waals surface area contributed by atoms with E-state index in [1.165, 1.54) is 22.6 Å². The van der Waals surface area contributed by atoms with Crippen LogP contribution in [0.15, 0.2) is 47.5 Å². The van der Waals surface area contributed by atoms with Crippen molar-refractivity contribution in [3.8, 4) is 11.4 Å². The van der Waals surface area contributed by atoms with Crippen LogP contribution >= 0.6 is 23.1 Å². The number of aryl methyl sites for hydroxylation is 1. The lowest BCUT2D eigenvalue weighted by Crippen LogP contribution is -2.01. The topological polar surface area (TPSA) is 30.7 Å². The van der Waals surface area contributed by atoms with E-state index >= 15 is 0 Å². The molecule has 0 bridgehead atoms. The van der Waals surface area contributed by atoms with Gasteiger partial charge in [0.05, 0.1) is 0 Å². The third-order valence-corrected chi connectivity index (χ3v) is 6.00. The van der Waals surface area contributed by atoms with Gasteiger partial charge in [0, 0.05) is 28.1 Å². The first-order chi connectivity index (χ1) is 12.1. The Morgan fingerprint density at radius 3 is 2.72 bits per heavy atom. The number of nitrogens with zero attached hydrogens (tertiary/aromatic N) is 3. The number of thiophene rings is 1. The molecule has 0 unspecified atom stereocenters. The summed E-state index contributed by atoms with van der Waals surface area (Å²) in [6.45, 7) is 8.83. The molecule has 3 nitrogen and oxygen atoms in total. The number of halogens is 1. The van der Waals surface area contributed by atoms with Crippen molar-refractivity contribution in [2.24, 2.45) is 0 Å². The van der Waals surface area contributed by atoms with Gasteiger partial charge in [-0.2, -0.15) is 0 Å². The lowest BCUT2D eigenvalue weighted by atomic mass is 10.1. The Morgan fingerprint density at radius 1 is 1.28 bits per heavy atom. The molecule has 0 aliphatic rings. The van der Waals surface area contributed by atoms with Crippen LogP contribution in [0.5, 0.6) is 0 Å². The maximum Gasteiger partial charge on any atom is 0.192 e. The highest BCUT2D eigenvalue weighted by Crippen LogP contribution is 2.33. The standard InChI is InChI=1S/C19H20FN3S2/c1-4-10-23-18(17-12-24-13(3)16(17)5-2)21-22-19(23)25-11-14-6-8-15(20)9-7-14/h4,6-9,12H,1,5,10-11H2,2-3H3. The summed E-state index contributed by atoms with van der Waals surface area (Å²) >= 11 is 3.35. The van der Waals surface area contributed by atoms with E-state index in [1.807, 2.05) is 6.08 Å². The monoisotopic (exact) mass is 373 g/mol. The second kappa shape index (κ2) is 7.97. The van der Waals surface area contributed by atoms with Crippen molar-refractivity contribution >= 4 is 23.1 Å². The molecule has 2 heterocycles. The second-order valence-corrected chi connectivity index (χ2v) is 7.68. The first-order valence-electron chi connectivity index (χ1n) is 8.12. The molecular weight excluding hydrogens is 353 g/mol. The molecular formula is C19H20FN3S2. The molecule has 0 amide bonds. The molecule has 0 aliphatic heterocycles. The van der Waals surface area contributed by atoms with Gasteiger partial charge in [-0.25, -0.2) is 4.39 Å². The van der Waals surface area contributed by atoms with Gasteiger partial charge in [0.1, 0.15) is 5.82 Å². The molecule has 3 rings (SSSR count). The fourth-order valence-electron chi connectivity index (χ4n) is 2.72. The van der Waals surface area contributed by atoms with Gasteiger partial charge in [0.15, 0.2) is 11.0 Å². The van der Waals surface area contributed by atoms with Crippen LogP contribution in [0.1, 0.15) is 22.9 Å². The van der Waals surface area contributed by atoms with E-state index in [9.17, 15) is 4.39 Å². The molecule has 0 saturated carbocycles. The number of hydrogen-bond donors (Lipinski definition) is 0. The lowest BCUT2D eigenvalue weighted by molar-refractivity contribution is 0.627. The summed E-state index contributed by atoms with van der Waals surface area (Å²) in [7, 11) is 0. The summed E-state index contributed by atoms with van der Waals surface area (Å²) in [5.74, 6) is 1.40. The van der Waals surface area contributed by atoms with Gasteiger partial charge >= 0.3 is 0 Å². The Balaban J connectivity index is 1.89. The summed E-state index contributed by atoms with van der Waals surface area (Å²) in [4.78, 5) is 1.33. The average molecular weight is 374 g/mol. The van der Waals surface area contributed by atoms with Gasteiger partial charge in [0.2, 0.25) is 0 Å². The molecule has 25 heavy (non-hydrogen) atoms. The quantitative estimate of drug-likeness (QED) is 0.405. The molecule has 2 aromatic heterocycles. The normalized spacial score (nSPS) is 11.0. The van der Waals surface area contributed by atoms with E-state index in [0.717, 1.165) is 34.3 Å². The van der Waals surface area contributed by atoms with Crippen LogP contribution in [0.4, 0.5) is 4.39 Å². The Kier molecular flexibility index (Phi) is 5.71. The number of hydrogen-bond acceptors (Lipinski definition) is 4. The highest BCUT2D eigenvalue weighted by Gasteiger charge is 2.18. The van der Waals surface area contributed by atoms with E-state index in [4.69, 9.17) is 0 Å². The maximum atomic E-state index is 13.0. The smallest absolute Gasteiger partial charge is 0.192 e. The molecule has 0 atom stereocenters. The van der Waals surface area contributed by atoms with Gasteiger partial charge < -0.3 is 0 Å². The molecule has 0 spiro atoms. The summed E-state index contributed by atoms with van der Waals surface area (Å²) in [6, 6.07) is 6.57. The molecule has 0 aliphatic carbocycles. The number of aromatic nitrogens is 3. The molecule has 0 saturated heterocycles. The van der Waals surface area contributed by atoms with Crippen LogP contribution in [-0.2, 0) is 18.7 Å². The molecule has 6 heteroatoms. The SMILES string of the molecule is C=CCn1c(SCc2ccc(F)cc2)nnc1-c1csc(C)c1CC. The Bertz CT molecular complexity index is 865. The largest absolute Gasteiger partial charge is 0.298 e. The third-order valence-electron chi connectivity index (χ3n) is 4.01. The van der Waals surface area contributed by atoms with Crippen molar-refractivity contribution in [2.75, 3.05) is 0 Å². The van der Waals surface area contributed by atoms with Crippen molar-refractivity contribution in [1.82, 2.24) is 14.8 Å². The van der Waals surface area contributed by atoms with E-state index in [2.05, 4.69) is 40.6 Å². The predicted octanol–water partition coefficient (Wildman–Crippen LogP) is 5.49. The van der Waals surface area contributed by atoms with Gasteiger partial charge in [-0.15, -0.1) is 28.1 Å². The van der Waals surface area contributed by atoms with E-state index < -0.39 is 0 Å². The van der Waals surface area contributed by atoms with E-state index in [0.29, 0.717) is 6.54 Å². The van der Waals surface area contributed by atoms with Crippen LogP contribution < -0.4 is 0 Å².